The molecular formula is C31H37N3O4S. The molecule has 1 atom stereocenters. The molecule has 0 saturated carbocycles. The average Bonchev–Trinajstić information content (AvgIpc) is 3.50. The molecule has 0 aliphatic carbocycles. The van der Waals surface area contributed by atoms with Gasteiger partial charge in [0.25, 0.3) is 0 Å². The van der Waals surface area contributed by atoms with Crippen LogP contribution in [-0.2, 0) is 32.0 Å². The maximum atomic E-state index is 13.3. The monoisotopic (exact) mass is 547 g/mol. The highest BCUT2D eigenvalue weighted by Gasteiger charge is 2.44. The number of carbonyl (C=O) groups is 3. The highest BCUT2D eigenvalue weighted by Crippen LogP contribution is 2.27. The van der Waals surface area contributed by atoms with Gasteiger partial charge in [0.15, 0.2) is 0 Å². The van der Waals surface area contributed by atoms with Crippen molar-refractivity contribution in [3.05, 3.63) is 94.2 Å². The number of amides is 2. The lowest BCUT2D eigenvalue weighted by molar-refractivity contribution is -0.153. The summed E-state index contributed by atoms with van der Waals surface area (Å²) in [5, 5.41) is 8.16. The molecule has 2 amide bonds. The molecule has 7 nitrogen and oxygen atoms in total. The van der Waals surface area contributed by atoms with Gasteiger partial charge in [0.1, 0.15) is 5.54 Å². The van der Waals surface area contributed by atoms with Crippen LogP contribution in [0, 0.1) is 0 Å². The summed E-state index contributed by atoms with van der Waals surface area (Å²) >= 11 is 1.69. The predicted octanol–water partition coefficient (Wildman–Crippen LogP) is 3.95. The Labute approximate surface area is 234 Å². The molecule has 4 rings (SSSR count). The second-order valence-corrected chi connectivity index (χ2v) is 11.0. The molecule has 2 N–H and O–H groups in total. The van der Waals surface area contributed by atoms with E-state index in [1.54, 1.807) is 11.3 Å². The number of benzene rings is 2. The molecule has 1 aromatic heterocycles. The Morgan fingerprint density at radius 1 is 0.949 bits per heavy atom. The zero-order chi connectivity index (χ0) is 27.5. The van der Waals surface area contributed by atoms with Crippen LogP contribution in [0.25, 0.3) is 0 Å². The summed E-state index contributed by atoms with van der Waals surface area (Å²) in [5.41, 5.74) is 0.991. The number of rotatable bonds is 12. The van der Waals surface area contributed by atoms with Gasteiger partial charge < -0.3 is 20.3 Å². The third kappa shape index (κ3) is 8.00. The number of thiophene rings is 1. The zero-order valence-electron chi connectivity index (χ0n) is 22.4. The van der Waals surface area contributed by atoms with E-state index in [1.165, 1.54) is 12.0 Å². The van der Waals surface area contributed by atoms with Gasteiger partial charge in [0.05, 0.1) is 13.0 Å². The third-order valence-electron chi connectivity index (χ3n) is 7.36. The number of esters is 1. The number of likely N-dealkylation sites (tertiary alicyclic amines) is 1. The van der Waals surface area contributed by atoms with E-state index < -0.39 is 11.5 Å². The number of nitrogens with zero attached hydrogens (tertiary/aromatic N) is 1. The van der Waals surface area contributed by atoms with Gasteiger partial charge in [-0.1, -0.05) is 66.7 Å². The van der Waals surface area contributed by atoms with Crippen molar-refractivity contribution in [3.8, 4) is 0 Å². The molecule has 1 fully saturated rings. The summed E-state index contributed by atoms with van der Waals surface area (Å²) in [6, 6.07) is 23.7. The van der Waals surface area contributed by atoms with E-state index in [1.807, 2.05) is 72.1 Å². The molecule has 8 heteroatoms. The van der Waals surface area contributed by atoms with Crippen LogP contribution in [0.5, 0.6) is 0 Å². The molecule has 3 aromatic rings. The van der Waals surface area contributed by atoms with Crippen LogP contribution in [0.15, 0.2) is 78.2 Å². The molecule has 39 heavy (non-hydrogen) atoms. The SMILES string of the molecule is COC(=O)C1(NC(=O)CCc2ccccc2)CCN(CC(C(=O)NCCc2cccs2)c2ccccc2)CC1. The maximum Gasteiger partial charge on any atom is 0.331 e. The number of carbonyl (C=O) groups excluding carboxylic acids is 3. The van der Waals surface area contributed by atoms with Gasteiger partial charge in [-0.2, -0.15) is 0 Å². The zero-order valence-corrected chi connectivity index (χ0v) is 23.3. The summed E-state index contributed by atoms with van der Waals surface area (Å²) in [7, 11) is 1.36. The number of aryl methyl sites for hydroxylation is 1. The van der Waals surface area contributed by atoms with E-state index in [2.05, 4.69) is 21.6 Å². The van der Waals surface area contributed by atoms with Gasteiger partial charge in [-0.3, -0.25) is 9.59 Å². The van der Waals surface area contributed by atoms with E-state index >= 15 is 0 Å². The van der Waals surface area contributed by atoms with Crippen LogP contribution in [0.1, 0.15) is 41.2 Å². The molecule has 2 aromatic carbocycles. The van der Waals surface area contributed by atoms with Crippen LogP contribution < -0.4 is 10.6 Å². The van der Waals surface area contributed by atoms with Gasteiger partial charge in [-0.25, -0.2) is 4.79 Å². The van der Waals surface area contributed by atoms with Crippen molar-refractivity contribution in [3.63, 3.8) is 0 Å². The summed E-state index contributed by atoms with van der Waals surface area (Å²) in [4.78, 5) is 42.4. The van der Waals surface area contributed by atoms with Crippen molar-refractivity contribution in [2.45, 2.75) is 43.6 Å². The molecule has 1 saturated heterocycles. The molecule has 206 valence electrons. The van der Waals surface area contributed by atoms with Crippen LogP contribution in [0.2, 0.25) is 0 Å². The van der Waals surface area contributed by atoms with E-state index in [-0.39, 0.29) is 17.7 Å². The highest BCUT2D eigenvalue weighted by atomic mass is 32.1. The number of ether oxygens (including phenoxy) is 1. The Balaban J connectivity index is 1.36. The second kappa shape index (κ2) is 14.1. The van der Waals surface area contributed by atoms with Crippen molar-refractivity contribution < 1.29 is 19.1 Å². The van der Waals surface area contributed by atoms with Crippen molar-refractivity contribution in [1.82, 2.24) is 15.5 Å². The largest absolute Gasteiger partial charge is 0.467 e. The average molecular weight is 548 g/mol. The quantitative estimate of drug-likeness (QED) is 0.336. The Morgan fingerprint density at radius 2 is 1.64 bits per heavy atom. The number of hydrogen-bond donors (Lipinski definition) is 2. The second-order valence-electron chi connectivity index (χ2n) is 9.99. The number of piperidine rings is 1. The fraction of sp³-hybridized carbons (Fsp3) is 0.387. The van der Waals surface area contributed by atoms with Crippen molar-refractivity contribution in [1.29, 1.82) is 0 Å². The molecule has 1 unspecified atom stereocenters. The lowest BCUT2D eigenvalue weighted by Gasteiger charge is -2.41. The van der Waals surface area contributed by atoms with E-state index in [9.17, 15) is 14.4 Å². The maximum absolute atomic E-state index is 13.3. The standard InChI is InChI=1S/C31H37N3O4S/c1-38-30(37)31(33-28(35)15-14-24-9-4-2-5-10-24)17-20-34(21-18-31)23-27(25-11-6-3-7-12-25)29(36)32-19-16-26-13-8-22-39-26/h2-13,22,27H,14-21,23H2,1H3,(H,32,36)(H,33,35). The number of hydrogen-bond acceptors (Lipinski definition) is 6. The normalized spacial score (nSPS) is 15.7. The molecule has 1 aliphatic rings. The van der Waals surface area contributed by atoms with Crippen LogP contribution in [-0.4, -0.2) is 61.5 Å². The first kappa shape index (κ1) is 28.5. The first-order valence-corrected chi connectivity index (χ1v) is 14.4. The molecule has 1 aliphatic heterocycles. The lowest BCUT2D eigenvalue weighted by atomic mass is 9.86. The van der Waals surface area contributed by atoms with Gasteiger partial charge in [0.2, 0.25) is 11.8 Å². The van der Waals surface area contributed by atoms with E-state index in [0.29, 0.717) is 51.9 Å². The molecule has 0 bridgehead atoms. The van der Waals surface area contributed by atoms with Crippen LogP contribution >= 0.6 is 11.3 Å². The molecule has 2 heterocycles. The Hall–Kier alpha value is -3.49. The van der Waals surface area contributed by atoms with E-state index in [4.69, 9.17) is 4.74 Å². The summed E-state index contributed by atoms with van der Waals surface area (Å²) in [6.45, 7) is 2.26. The van der Waals surface area contributed by atoms with Crippen LogP contribution in [0.3, 0.4) is 0 Å². The van der Waals surface area contributed by atoms with E-state index in [0.717, 1.165) is 17.5 Å². The Kier molecular flexibility index (Phi) is 10.3. The predicted molar refractivity (Wildman–Crippen MR) is 154 cm³/mol. The fourth-order valence-electron chi connectivity index (χ4n) is 5.09. The Bertz CT molecular complexity index is 1190. The van der Waals surface area contributed by atoms with Crippen molar-refractivity contribution in [2.24, 2.45) is 0 Å². The fourth-order valence-corrected chi connectivity index (χ4v) is 5.80. The number of methoxy groups -OCH3 is 1. The topological polar surface area (TPSA) is 87.7 Å². The summed E-state index contributed by atoms with van der Waals surface area (Å²) in [6.07, 6.45) is 2.57. The molecule has 0 radical (unpaired) electrons. The first-order chi connectivity index (χ1) is 19.0. The lowest BCUT2D eigenvalue weighted by Crippen LogP contribution is -2.60. The number of nitrogens with one attached hydrogen (secondary N) is 2. The minimum Gasteiger partial charge on any atom is -0.467 e. The summed E-state index contributed by atoms with van der Waals surface area (Å²) < 4.78 is 5.12. The minimum atomic E-state index is -1.05. The Morgan fingerprint density at radius 3 is 2.28 bits per heavy atom. The van der Waals surface area contributed by atoms with Gasteiger partial charge in [0, 0.05) is 37.5 Å². The van der Waals surface area contributed by atoms with Crippen molar-refractivity contribution >= 4 is 29.1 Å². The minimum absolute atomic E-state index is 0.00299. The van der Waals surface area contributed by atoms with Crippen LogP contribution in [0.4, 0.5) is 0 Å². The van der Waals surface area contributed by atoms with Gasteiger partial charge in [-0.15, -0.1) is 11.3 Å². The van der Waals surface area contributed by atoms with Crippen molar-refractivity contribution in [2.75, 3.05) is 33.3 Å². The smallest absolute Gasteiger partial charge is 0.331 e. The molecular weight excluding hydrogens is 510 g/mol. The molecule has 0 spiro atoms. The first-order valence-electron chi connectivity index (χ1n) is 13.5. The summed E-state index contributed by atoms with van der Waals surface area (Å²) in [5.74, 6) is -0.913. The third-order valence-corrected chi connectivity index (χ3v) is 8.29. The van der Waals surface area contributed by atoms with Gasteiger partial charge in [-0.05, 0) is 48.3 Å². The van der Waals surface area contributed by atoms with Gasteiger partial charge >= 0.3 is 5.97 Å². The highest BCUT2D eigenvalue weighted by molar-refractivity contribution is 7.09.